The maximum atomic E-state index is 5.49. The molecule has 0 rings (SSSR count). The number of rotatable bonds is 7. The third kappa shape index (κ3) is 11.8. The minimum atomic E-state index is -0.428. The molecule has 0 unspecified atom stereocenters. The van der Waals surface area contributed by atoms with Crippen molar-refractivity contribution in [3.05, 3.63) is 22.5 Å². The van der Waals surface area contributed by atoms with Crippen LogP contribution in [0.3, 0.4) is 0 Å². The van der Waals surface area contributed by atoms with E-state index < -0.39 is 19.5 Å². The Morgan fingerprint density at radius 1 is 0.857 bits per heavy atom. The van der Waals surface area contributed by atoms with Crippen molar-refractivity contribution in [2.24, 2.45) is 0 Å². The van der Waals surface area contributed by atoms with E-state index >= 15 is 0 Å². The van der Waals surface area contributed by atoms with E-state index in [1.54, 1.807) is 0 Å². The van der Waals surface area contributed by atoms with Gasteiger partial charge < -0.3 is 8.85 Å². The van der Waals surface area contributed by atoms with Crippen molar-refractivity contribution in [2.45, 2.75) is 27.7 Å². The molecule has 0 aromatic rings. The topological polar surface area (TPSA) is 18.5 Å². The number of allylic oxidation sites excluding steroid dienone is 2. The zero-order valence-corrected chi connectivity index (χ0v) is 12.6. The molecule has 0 spiro atoms. The summed E-state index contributed by atoms with van der Waals surface area (Å²) in [6.45, 7) is 9.95. The molecule has 0 amide bonds. The van der Waals surface area contributed by atoms with E-state index in [4.69, 9.17) is 8.85 Å². The normalized spacial score (nSPS) is 11.4. The predicted octanol–water partition coefficient (Wildman–Crippen LogP) is 1.03. The minimum Gasteiger partial charge on any atom is -0.417 e. The Morgan fingerprint density at radius 3 is 1.50 bits per heavy atom. The molecule has 14 heavy (non-hydrogen) atoms. The largest absolute Gasteiger partial charge is 0.417 e. The molecule has 2 nitrogen and oxygen atoms in total. The van der Waals surface area contributed by atoms with Gasteiger partial charge in [-0.05, 0) is 27.7 Å². The molecule has 0 fully saturated rings. The van der Waals surface area contributed by atoms with E-state index in [0.717, 1.165) is 13.2 Å². The van der Waals surface area contributed by atoms with Crippen LogP contribution in [-0.4, -0.2) is 32.7 Å². The first kappa shape index (κ1) is 13.8. The van der Waals surface area contributed by atoms with Crippen LogP contribution in [0.1, 0.15) is 27.7 Å². The second kappa shape index (κ2) is 9.39. The third-order valence-electron chi connectivity index (χ3n) is 1.59. The van der Waals surface area contributed by atoms with E-state index in [0.29, 0.717) is 0 Å². The van der Waals surface area contributed by atoms with Gasteiger partial charge in [0, 0.05) is 0 Å². The van der Waals surface area contributed by atoms with Gasteiger partial charge >= 0.3 is 0 Å². The van der Waals surface area contributed by atoms with Gasteiger partial charge in [0.15, 0.2) is 19.5 Å². The summed E-state index contributed by atoms with van der Waals surface area (Å²) < 4.78 is 11.0. The second-order valence-electron chi connectivity index (χ2n) is 3.71. The van der Waals surface area contributed by atoms with Gasteiger partial charge in [-0.15, -0.1) is 0 Å². The van der Waals surface area contributed by atoms with Gasteiger partial charge in [0.25, 0.3) is 0 Å². The summed E-state index contributed by atoms with van der Waals surface area (Å²) >= 11 is 0. The fourth-order valence-corrected chi connectivity index (χ4v) is 2.21. The molecule has 82 valence electrons. The maximum Gasteiger partial charge on any atom is 0.185 e. The van der Waals surface area contributed by atoms with Gasteiger partial charge in [0.1, 0.15) is 0 Å². The van der Waals surface area contributed by atoms with Crippen molar-refractivity contribution >= 4 is 19.5 Å². The standard InChI is InChI=1S/C10H22O2Si2/c1-9(2)7-13-11-5-6-12-14-8-10(3)4/h7-8H,5-6,13-14H2,1-4H3. The van der Waals surface area contributed by atoms with Gasteiger partial charge in [-0.2, -0.15) is 0 Å². The van der Waals surface area contributed by atoms with Crippen LogP contribution < -0.4 is 0 Å². The highest BCUT2D eigenvalue weighted by molar-refractivity contribution is 6.35. The average molecular weight is 230 g/mol. The lowest BCUT2D eigenvalue weighted by Crippen LogP contribution is -2.08. The minimum absolute atomic E-state index is 0.428. The molecule has 0 saturated carbocycles. The summed E-state index contributed by atoms with van der Waals surface area (Å²) in [5.74, 6) is 0. The van der Waals surface area contributed by atoms with E-state index in [9.17, 15) is 0 Å². The van der Waals surface area contributed by atoms with Crippen LogP contribution >= 0.6 is 0 Å². The quantitative estimate of drug-likeness (QED) is 0.480. The van der Waals surface area contributed by atoms with Gasteiger partial charge in [0.05, 0.1) is 13.2 Å². The Morgan fingerprint density at radius 2 is 1.21 bits per heavy atom. The highest BCUT2D eigenvalue weighted by atomic mass is 28.2. The SMILES string of the molecule is CC(C)=C[SiH2]OCCO[SiH2]C=C(C)C. The Labute approximate surface area is 92.3 Å². The molecule has 4 heteroatoms. The summed E-state index contributed by atoms with van der Waals surface area (Å²) in [4.78, 5) is 0. The molecule has 0 heterocycles. The van der Waals surface area contributed by atoms with Crippen molar-refractivity contribution in [1.29, 1.82) is 0 Å². The van der Waals surface area contributed by atoms with Crippen molar-refractivity contribution in [3.63, 3.8) is 0 Å². The summed E-state index contributed by atoms with van der Waals surface area (Å²) in [7, 11) is -0.856. The molecular formula is C10H22O2Si2. The van der Waals surface area contributed by atoms with Crippen molar-refractivity contribution in [1.82, 2.24) is 0 Å². The van der Waals surface area contributed by atoms with Crippen LogP contribution in [0, 0.1) is 0 Å². The summed E-state index contributed by atoms with van der Waals surface area (Å²) in [5, 5.41) is 0. The number of hydrogen-bond acceptors (Lipinski definition) is 2. The smallest absolute Gasteiger partial charge is 0.185 e. The summed E-state index contributed by atoms with van der Waals surface area (Å²) in [5.41, 5.74) is 7.15. The van der Waals surface area contributed by atoms with Gasteiger partial charge in [-0.1, -0.05) is 22.5 Å². The Bertz CT molecular complexity index is 170. The monoisotopic (exact) mass is 230 g/mol. The lowest BCUT2D eigenvalue weighted by atomic mass is 10.4. The first-order valence-electron chi connectivity index (χ1n) is 5.05. The molecule has 0 radical (unpaired) electrons. The first-order valence-corrected chi connectivity index (χ1v) is 7.84. The molecule has 0 aromatic heterocycles. The fourth-order valence-electron chi connectivity index (χ4n) is 0.736. The molecule has 0 aliphatic carbocycles. The van der Waals surface area contributed by atoms with E-state index in [-0.39, 0.29) is 0 Å². The molecular weight excluding hydrogens is 208 g/mol. The van der Waals surface area contributed by atoms with Crippen LogP contribution in [0.5, 0.6) is 0 Å². The second-order valence-corrected chi connectivity index (χ2v) is 6.01. The van der Waals surface area contributed by atoms with Gasteiger partial charge in [-0.3, -0.25) is 0 Å². The lowest BCUT2D eigenvalue weighted by Gasteiger charge is -2.02. The van der Waals surface area contributed by atoms with Crippen molar-refractivity contribution in [3.8, 4) is 0 Å². The predicted molar refractivity (Wildman–Crippen MR) is 67.9 cm³/mol. The van der Waals surface area contributed by atoms with Crippen molar-refractivity contribution < 1.29 is 8.85 Å². The maximum absolute atomic E-state index is 5.49. The van der Waals surface area contributed by atoms with Crippen LogP contribution in [0.4, 0.5) is 0 Å². The van der Waals surface area contributed by atoms with Gasteiger partial charge in [0.2, 0.25) is 0 Å². The molecule has 0 aromatic carbocycles. The number of hydrogen-bond donors (Lipinski definition) is 0. The van der Waals surface area contributed by atoms with Crippen molar-refractivity contribution in [2.75, 3.05) is 13.2 Å². The summed E-state index contributed by atoms with van der Waals surface area (Å²) in [6, 6.07) is 0. The molecule has 0 aliphatic heterocycles. The Kier molecular flexibility index (Phi) is 9.28. The van der Waals surface area contributed by atoms with E-state index in [1.807, 2.05) is 0 Å². The highest BCUT2D eigenvalue weighted by Gasteiger charge is 1.87. The zero-order chi connectivity index (χ0) is 10.8. The van der Waals surface area contributed by atoms with Crippen LogP contribution in [0.15, 0.2) is 22.5 Å². The van der Waals surface area contributed by atoms with Crippen LogP contribution in [0.25, 0.3) is 0 Å². The highest BCUT2D eigenvalue weighted by Crippen LogP contribution is 1.88. The summed E-state index contributed by atoms with van der Waals surface area (Å²) in [6.07, 6.45) is 0. The zero-order valence-electron chi connectivity index (χ0n) is 9.80. The van der Waals surface area contributed by atoms with Gasteiger partial charge in [-0.25, -0.2) is 0 Å². The molecule has 0 bridgehead atoms. The van der Waals surface area contributed by atoms with E-state index in [1.165, 1.54) is 11.1 Å². The first-order chi connectivity index (χ1) is 6.63. The third-order valence-corrected chi connectivity index (χ3v) is 4.61. The lowest BCUT2D eigenvalue weighted by molar-refractivity contribution is 0.235. The molecule has 0 atom stereocenters. The average Bonchev–Trinajstić information content (AvgIpc) is 2.08. The Balaban J connectivity index is 3.15. The molecule has 0 N–H and O–H groups in total. The Hall–Kier alpha value is -0.166. The fraction of sp³-hybridized carbons (Fsp3) is 0.600. The molecule has 0 aliphatic rings. The van der Waals surface area contributed by atoms with Crippen LogP contribution in [0.2, 0.25) is 0 Å². The molecule has 0 saturated heterocycles. The van der Waals surface area contributed by atoms with Crippen LogP contribution in [-0.2, 0) is 8.85 Å². The van der Waals surface area contributed by atoms with E-state index in [2.05, 4.69) is 39.1 Å².